The van der Waals surface area contributed by atoms with Crippen LogP contribution in [0.25, 0.3) is 11.0 Å². The minimum atomic E-state index is -0.259. The summed E-state index contributed by atoms with van der Waals surface area (Å²) in [5, 5.41) is 5.66. The fourth-order valence-electron chi connectivity index (χ4n) is 3.16. The fraction of sp³-hybridized carbons (Fsp3) is 0.286. The van der Waals surface area contributed by atoms with Gasteiger partial charge in [0.05, 0.1) is 17.6 Å². The first kappa shape index (κ1) is 20.3. The van der Waals surface area contributed by atoms with Crippen molar-refractivity contribution >= 4 is 28.5 Å². The Labute approximate surface area is 168 Å². The van der Waals surface area contributed by atoms with Gasteiger partial charge in [0.25, 0.3) is 0 Å². The molecule has 0 fully saturated rings. The second-order valence-electron chi connectivity index (χ2n) is 7.18. The maximum absolute atomic E-state index is 12.4. The van der Waals surface area contributed by atoms with Crippen LogP contribution in [0.2, 0.25) is 0 Å². The van der Waals surface area contributed by atoms with Crippen LogP contribution >= 0.6 is 0 Å². The van der Waals surface area contributed by atoms with E-state index >= 15 is 0 Å². The molecule has 0 saturated heterocycles. The summed E-state index contributed by atoms with van der Waals surface area (Å²) in [6.45, 7) is 0.538. The van der Waals surface area contributed by atoms with E-state index in [9.17, 15) is 14.4 Å². The number of nitrogens with one attached hydrogen (secondary N) is 2. The van der Waals surface area contributed by atoms with Crippen molar-refractivity contribution in [2.24, 2.45) is 7.05 Å². The first-order valence-electron chi connectivity index (χ1n) is 9.29. The lowest BCUT2D eigenvalue weighted by atomic mass is 10.2. The summed E-state index contributed by atoms with van der Waals surface area (Å²) in [6.07, 6.45) is 0. The van der Waals surface area contributed by atoms with Gasteiger partial charge in [-0.05, 0) is 43.9 Å². The number of amides is 2. The van der Waals surface area contributed by atoms with Crippen molar-refractivity contribution in [1.82, 2.24) is 19.4 Å². The smallest absolute Gasteiger partial charge is 0.329 e. The van der Waals surface area contributed by atoms with E-state index in [1.807, 2.05) is 56.6 Å². The van der Waals surface area contributed by atoms with E-state index in [4.69, 9.17) is 0 Å². The monoisotopic (exact) mass is 395 g/mol. The summed E-state index contributed by atoms with van der Waals surface area (Å²) in [7, 11) is 5.34. The highest BCUT2D eigenvalue weighted by Crippen LogP contribution is 2.12. The highest BCUT2D eigenvalue weighted by atomic mass is 16.2. The van der Waals surface area contributed by atoms with Gasteiger partial charge in [-0.3, -0.25) is 18.7 Å². The standard InChI is InChI=1S/C21H25N5O3/c1-24(2)13-20(28)23-16-8-6-7-15(11-16)12-22-19(27)14-26-18-10-5-4-9-17(18)25(3)21(26)29/h4-11H,12-14H2,1-3H3,(H,22,27)(H,23,28). The highest BCUT2D eigenvalue weighted by Gasteiger charge is 2.13. The molecule has 0 aliphatic heterocycles. The number of benzene rings is 2. The van der Waals surface area contributed by atoms with Crippen LogP contribution in [0.15, 0.2) is 53.3 Å². The zero-order chi connectivity index (χ0) is 21.0. The predicted octanol–water partition coefficient (Wildman–Crippen LogP) is 1.16. The lowest BCUT2D eigenvalue weighted by molar-refractivity contribution is -0.121. The molecule has 8 heteroatoms. The molecule has 0 spiro atoms. The molecule has 0 aliphatic rings. The molecular formula is C21H25N5O3. The summed E-state index contributed by atoms with van der Waals surface area (Å²) in [5.74, 6) is -0.364. The lowest BCUT2D eigenvalue weighted by Crippen LogP contribution is -2.32. The van der Waals surface area contributed by atoms with E-state index in [0.717, 1.165) is 16.6 Å². The third kappa shape index (κ3) is 4.91. The molecule has 0 aliphatic carbocycles. The van der Waals surface area contributed by atoms with E-state index in [0.29, 0.717) is 18.8 Å². The Balaban J connectivity index is 1.63. The third-order valence-electron chi connectivity index (χ3n) is 4.51. The van der Waals surface area contributed by atoms with Gasteiger partial charge in [0.1, 0.15) is 6.54 Å². The molecule has 152 valence electrons. The number of fused-ring (bicyclic) bond motifs is 1. The van der Waals surface area contributed by atoms with Gasteiger partial charge in [-0.25, -0.2) is 4.79 Å². The zero-order valence-electron chi connectivity index (χ0n) is 16.8. The maximum atomic E-state index is 12.4. The molecule has 3 rings (SSSR count). The van der Waals surface area contributed by atoms with Gasteiger partial charge in [0.15, 0.2) is 0 Å². The Hall–Kier alpha value is -3.39. The van der Waals surface area contributed by atoms with Crippen LogP contribution in [0.5, 0.6) is 0 Å². The number of aromatic nitrogens is 2. The number of nitrogens with zero attached hydrogens (tertiary/aromatic N) is 3. The first-order chi connectivity index (χ1) is 13.8. The molecule has 0 radical (unpaired) electrons. The summed E-state index contributed by atoms with van der Waals surface area (Å²) in [5.41, 5.74) is 2.80. The third-order valence-corrected chi connectivity index (χ3v) is 4.51. The maximum Gasteiger partial charge on any atom is 0.329 e. The van der Waals surface area contributed by atoms with Gasteiger partial charge in [-0.1, -0.05) is 24.3 Å². The van der Waals surface area contributed by atoms with E-state index in [-0.39, 0.29) is 24.0 Å². The van der Waals surface area contributed by atoms with Crippen LogP contribution in [-0.2, 0) is 29.7 Å². The van der Waals surface area contributed by atoms with Crippen LogP contribution in [0, 0.1) is 0 Å². The number of aryl methyl sites for hydroxylation is 1. The Morgan fingerprint density at radius 1 is 1.00 bits per heavy atom. The normalized spacial score (nSPS) is 11.0. The van der Waals surface area contributed by atoms with Crippen molar-refractivity contribution in [3.05, 3.63) is 64.6 Å². The lowest BCUT2D eigenvalue weighted by Gasteiger charge is -2.11. The number of para-hydroxylation sites is 2. The minimum Gasteiger partial charge on any atom is -0.350 e. The largest absolute Gasteiger partial charge is 0.350 e. The molecule has 3 aromatic rings. The number of rotatable bonds is 7. The molecular weight excluding hydrogens is 370 g/mol. The molecule has 2 amide bonds. The topological polar surface area (TPSA) is 88.4 Å². The van der Waals surface area contributed by atoms with E-state index in [1.54, 1.807) is 18.0 Å². The number of hydrogen-bond acceptors (Lipinski definition) is 4. The highest BCUT2D eigenvalue weighted by molar-refractivity contribution is 5.92. The Morgan fingerprint density at radius 3 is 2.45 bits per heavy atom. The number of likely N-dealkylation sites (N-methyl/N-ethyl adjacent to an activating group) is 1. The van der Waals surface area contributed by atoms with E-state index in [1.165, 1.54) is 9.13 Å². The number of imidazole rings is 1. The predicted molar refractivity (Wildman–Crippen MR) is 113 cm³/mol. The second kappa shape index (κ2) is 8.74. The molecule has 0 atom stereocenters. The average molecular weight is 395 g/mol. The number of carbonyl (C=O) groups is 2. The summed E-state index contributed by atoms with van der Waals surface area (Å²) >= 11 is 0. The number of anilines is 1. The Kier molecular flexibility index (Phi) is 6.13. The quantitative estimate of drug-likeness (QED) is 0.628. The summed E-state index contributed by atoms with van der Waals surface area (Å²) < 4.78 is 2.99. The van der Waals surface area contributed by atoms with Gasteiger partial charge in [-0.2, -0.15) is 0 Å². The molecule has 1 aromatic heterocycles. The molecule has 2 N–H and O–H groups in total. The van der Waals surface area contributed by atoms with Crippen LogP contribution in [-0.4, -0.2) is 46.5 Å². The van der Waals surface area contributed by atoms with Crippen molar-refractivity contribution in [2.45, 2.75) is 13.1 Å². The molecule has 2 aromatic carbocycles. The fourth-order valence-corrected chi connectivity index (χ4v) is 3.16. The molecule has 29 heavy (non-hydrogen) atoms. The van der Waals surface area contributed by atoms with Gasteiger partial charge in [0, 0.05) is 19.3 Å². The van der Waals surface area contributed by atoms with Crippen molar-refractivity contribution in [2.75, 3.05) is 26.0 Å². The van der Waals surface area contributed by atoms with Crippen molar-refractivity contribution < 1.29 is 9.59 Å². The Bertz CT molecular complexity index is 1100. The van der Waals surface area contributed by atoms with Crippen molar-refractivity contribution in [3.63, 3.8) is 0 Å². The Morgan fingerprint density at radius 2 is 1.72 bits per heavy atom. The molecule has 0 bridgehead atoms. The SMILES string of the molecule is CN(C)CC(=O)Nc1cccc(CNC(=O)Cn2c(=O)n(C)c3ccccc32)c1. The molecule has 8 nitrogen and oxygen atoms in total. The first-order valence-corrected chi connectivity index (χ1v) is 9.29. The van der Waals surface area contributed by atoms with Gasteiger partial charge >= 0.3 is 5.69 Å². The van der Waals surface area contributed by atoms with Gasteiger partial charge in [-0.15, -0.1) is 0 Å². The summed E-state index contributed by atoms with van der Waals surface area (Å²) in [4.78, 5) is 38.5. The molecule has 1 heterocycles. The molecule has 0 saturated carbocycles. The average Bonchev–Trinajstić information content (AvgIpc) is 2.91. The van der Waals surface area contributed by atoms with Crippen LogP contribution in [0.3, 0.4) is 0 Å². The van der Waals surface area contributed by atoms with Gasteiger partial charge in [0.2, 0.25) is 11.8 Å². The van der Waals surface area contributed by atoms with E-state index in [2.05, 4.69) is 10.6 Å². The molecule has 0 unspecified atom stereocenters. The van der Waals surface area contributed by atoms with E-state index < -0.39 is 0 Å². The number of hydrogen-bond donors (Lipinski definition) is 2. The van der Waals surface area contributed by atoms with Crippen molar-refractivity contribution in [3.8, 4) is 0 Å². The van der Waals surface area contributed by atoms with Crippen LogP contribution < -0.4 is 16.3 Å². The second-order valence-corrected chi connectivity index (χ2v) is 7.18. The summed E-state index contributed by atoms with van der Waals surface area (Å²) in [6, 6.07) is 14.7. The number of carbonyl (C=O) groups excluding carboxylic acids is 2. The van der Waals surface area contributed by atoms with Crippen molar-refractivity contribution in [1.29, 1.82) is 0 Å². The van der Waals surface area contributed by atoms with Gasteiger partial charge < -0.3 is 15.5 Å². The van der Waals surface area contributed by atoms with Crippen LogP contribution in [0.1, 0.15) is 5.56 Å². The minimum absolute atomic E-state index is 0.0561. The van der Waals surface area contributed by atoms with Crippen LogP contribution in [0.4, 0.5) is 5.69 Å². The zero-order valence-corrected chi connectivity index (χ0v) is 16.8.